The van der Waals surface area contributed by atoms with Crippen LogP contribution in [-0.4, -0.2) is 19.1 Å². The third-order valence-corrected chi connectivity index (χ3v) is 2.96. The van der Waals surface area contributed by atoms with E-state index in [2.05, 4.69) is 18.0 Å². The van der Waals surface area contributed by atoms with Crippen LogP contribution in [0.2, 0.25) is 0 Å². The second-order valence-electron chi connectivity index (χ2n) is 5.28. The van der Waals surface area contributed by atoms with Crippen molar-refractivity contribution in [3.63, 3.8) is 0 Å². The number of nitrogens with zero attached hydrogens (tertiary/aromatic N) is 1. The predicted octanol–water partition coefficient (Wildman–Crippen LogP) is 3.00. The van der Waals surface area contributed by atoms with Gasteiger partial charge in [-0.15, -0.1) is 0 Å². The number of hydrogen-bond donors (Lipinski definition) is 1. The molecule has 1 heterocycles. The summed E-state index contributed by atoms with van der Waals surface area (Å²) in [5.74, 6) is 0. The van der Waals surface area contributed by atoms with E-state index in [9.17, 15) is 0 Å². The minimum atomic E-state index is -0.131. The summed E-state index contributed by atoms with van der Waals surface area (Å²) in [5, 5.41) is 1.16. The standard InChI is InChI=1S/C14H20N2O/c1-14(2,15)8-9-16(3)12-10-17-13-7-5-4-6-11(12)13/h4-7,10H,8-9,15H2,1-3H3. The van der Waals surface area contributed by atoms with Gasteiger partial charge in [0.15, 0.2) is 0 Å². The highest BCUT2D eigenvalue weighted by Crippen LogP contribution is 2.28. The molecule has 0 atom stereocenters. The van der Waals surface area contributed by atoms with E-state index in [1.165, 1.54) is 0 Å². The van der Waals surface area contributed by atoms with Crippen LogP contribution in [0.25, 0.3) is 11.0 Å². The molecule has 0 radical (unpaired) electrons. The fourth-order valence-corrected chi connectivity index (χ4v) is 1.84. The Kier molecular flexibility index (Phi) is 3.11. The Morgan fingerprint density at radius 1 is 1.29 bits per heavy atom. The molecule has 0 amide bonds. The summed E-state index contributed by atoms with van der Waals surface area (Å²) < 4.78 is 5.53. The molecule has 17 heavy (non-hydrogen) atoms. The van der Waals surface area contributed by atoms with Crippen molar-refractivity contribution < 1.29 is 4.42 Å². The molecule has 0 fully saturated rings. The number of nitrogens with two attached hydrogens (primary N) is 1. The molecule has 0 saturated carbocycles. The molecule has 0 saturated heterocycles. The average molecular weight is 232 g/mol. The Balaban J connectivity index is 2.16. The lowest BCUT2D eigenvalue weighted by molar-refractivity contribution is 0.478. The Hall–Kier alpha value is -1.48. The lowest BCUT2D eigenvalue weighted by Crippen LogP contribution is -2.36. The molecule has 1 aromatic heterocycles. The zero-order chi connectivity index (χ0) is 12.5. The maximum Gasteiger partial charge on any atom is 0.136 e. The van der Waals surface area contributed by atoms with Crippen molar-refractivity contribution in [1.29, 1.82) is 0 Å². The molecular weight excluding hydrogens is 212 g/mol. The summed E-state index contributed by atoms with van der Waals surface area (Å²) >= 11 is 0. The fourth-order valence-electron chi connectivity index (χ4n) is 1.84. The maximum atomic E-state index is 6.00. The SMILES string of the molecule is CN(CCC(C)(C)N)c1coc2ccccc12. The molecule has 0 aliphatic rings. The van der Waals surface area contributed by atoms with Gasteiger partial charge in [0, 0.05) is 24.5 Å². The number of fused-ring (bicyclic) bond motifs is 1. The van der Waals surface area contributed by atoms with Crippen LogP contribution in [0.1, 0.15) is 20.3 Å². The summed E-state index contributed by atoms with van der Waals surface area (Å²) in [6.07, 6.45) is 2.76. The average Bonchev–Trinajstić information content (AvgIpc) is 2.68. The molecular formula is C14H20N2O. The second kappa shape index (κ2) is 4.41. The third kappa shape index (κ3) is 2.80. The van der Waals surface area contributed by atoms with Gasteiger partial charge in [-0.1, -0.05) is 12.1 Å². The van der Waals surface area contributed by atoms with E-state index in [1.807, 2.05) is 38.3 Å². The summed E-state index contributed by atoms with van der Waals surface area (Å²) in [6, 6.07) is 8.08. The van der Waals surface area contributed by atoms with Crippen LogP contribution in [0.3, 0.4) is 0 Å². The van der Waals surface area contributed by atoms with Gasteiger partial charge in [0.05, 0.1) is 5.69 Å². The Morgan fingerprint density at radius 3 is 2.71 bits per heavy atom. The number of benzene rings is 1. The molecule has 0 aliphatic carbocycles. The topological polar surface area (TPSA) is 42.4 Å². The molecule has 3 heteroatoms. The molecule has 2 aromatic rings. The van der Waals surface area contributed by atoms with Crippen LogP contribution < -0.4 is 10.6 Å². The Bertz CT molecular complexity index is 496. The number of hydrogen-bond acceptors (Lipinski definition) is 3. The lowest BCUT2D eigenvalue weighted by Gasteiger charge is -2.24. The third-order valence-electron chi connectivity index (χ3n) is 2.96. The van der Waals surface area contributed by atoms with Crippen molar-refractivity contribution in [2.24, 2.45) is 5.73 Å². The van der Waals surface area contributed by atoms with E-state index < -0.39 is 0 Å². The smallest absolute Gasteiger partial charge is 0.136 e. The molecule has 0 spiro atoms. The van der Waals surface area contributed by atoms with Crippen LogP contribution in [0.4, 0.5) is 5.69 Å². The highest BCUT2D eigenvalue weighted by atomic mass is 16.3. The van der Waals surface area contributed by atoms with Gasteiger partial charge in [-0.3, -0.25) is 0 Å². The van der Waals surface area contributed by atoms with Crippen LogP contribution in [0, 0.1) is 0 Å². The highest BCUT2D eigenvalue weighted by molar-refractivity contribution is 5.90. The van der Waals surface area contributed by atoms with E-state index in [0.717, 1.165) is 29.6 Å². The molecule has 2 rings (SSSR count). The van der Waals surface area contributed by atoms with Gasteiger partial charge >= 0.3 is 0 Å². The lowest BCUT2D eigenvalue weighted by atomic mass is 10.0. The first-order valence-electron chi connectivity index (χ1n) is 5.94. The molecule has 0 bridgehead atoms. The summed E-state index contributed by atoms with van der Waals surface area (Å²) in [7, 11) is 2.07. The largest absolute Gasteiger partial charge is 0.462 e. The molecule has 1 aromatic carbocycles. The minimum absolute atomic E-state index is 0.131. The van der Waals surface area contributed by atoms with E-state index in [-0.39, 0.29) is 5.54 Å². The van der Waals surface area contributed by atoms with E-state index in [4.69, 9.17) is 10.2 Å². The first kappa shape index (κ1) is 12.0. The van der Waals surface area contributed by atoms with Crippen LogP contribution in [0.5, 0.6) is 0 Å². The van der Waals surface area contributed by atoms with Gasteiger partial charge in [0.2, 0.25) is 0 Å². The Labute approximate surface area is 102 Å². The van der Waals surface area contributed by atoms with Gasteiger partial charge in [0.1, 0.15) is 11.8 Å². The van der Waals surface area contributed by atoms with Crippen LogP contribution >= 0.6 is 0 Å². The number of rotatable bonds is 4. The zero-order valence-corrected chi connectivity index (χ0v) is 10.7. The van der Waals surface area contributed by atoms with E-state index in [0.29, 0.717) is 0 Å². The van der Waals surface area contributed by atoms with Crippen molar-refractivity contribution >= 4 is 16.7 Å². The van der Waals surface area contributed by atoms with Crippen molar-refractivity contribution in [3.05, 3.63) is 30.5 Å². The predicted molar refractivity (Wildman–Crippen MR) is 72.4 cm³/mol. The minimum Gasteiger partial charge on any atom is -0.462 e. The summed E-state index contributed by atoms with van der Waals surface area (Å²) in [6.45, 7) is 5.02. The zero-order valence-electron chi connectivity index (χ0n) is 10.7. The molecule has 2 N–H and O–H groups in total. The van der Waals surface area contributed by atoms with Crippen molar-refractivity contribution in [3.8, 4) is 0 Å². The van der Waals surface area contributed by atoms with Crippen molar-refractivity contribution in [2.45, 2.75) is 25.8 Å². The van der Waals surface area contributed by atoms with Crippen LogP contribution in [-0.2, 0) is 0 Å². The molecule has 3 nitrogen and oxygen atoms in total. The van der Waals surface area contributed by atoms with E-state index >= 15 is 0 Å². The number of anilines is 1. The van der Waals surface area contributed by atoms with Gasteiger partial charge in [-0.05, 0) is 32.4 Å². The van der Waals surface area contributed by atoms with Gasteiger partial charge in [-0.25, -0.2) is 0 Å². The van der Waals surface area contributed by atoms with Crippen molar-refractivity contribution in [1.82, 2.24) is 0 Å². The Morgan fingerprint density at radius 2 is 2.00 bits per heavy atom. The maximum absolute atomic E-state index is 6.00. The van der Waals surface area contributed by atoms with E-state index in [1.54, 1.807) is 0 Å². The monoisotopic (exact) mass is 232 g/mol. The highest BCUT2D eigenvalue weighted by Gasteiger charge is 2.14. The molecule has 0 unspecified atom stereocenters. The number of para-hydroxylation sites is 1. The van der Waals surface area contributed by atoms with Gasteiger partial charge < -0.3 is 15.1 Å². The number of furan rings is 1. The normalized spacial score (nSPS) is 12.0. The summed E-state index contributed by atoms with van der Waals surface area (Å²) in [5.41, 5.74) is 7.93. The van der Waals surface area contributed by atoms with Crippen LogP contribution in [0.15, 0.2) is 34.9 Å². The van der Waals surface area contributed by atoms with Crippen molar-refractivity contribution in [2.75, 3.05) is 18.5 Å². The molecule has 0 aliphatic heterocycles. The first-order valence-corrected chi connectivity index (χ1v) is 5.94. The fraction of sp³-hybridized carbons (Fsp3) is 0.429. The second-order valence-corrected chi connectivity index (χ2v) is 5.28. The van der Waals surface area contributed by atoms with Gasteiger partial charge in [-0.2, -0.15) is 0 Å². The first-order chi connectivity index (χ1) is 7.97. The van der Waals surface area contributed by atoms with Gasteiger partial charge in [0.25, 0.3) is 0 Å². The summed E-state index contributed by atoms with van der Waals surface area (Å²) in [4.78, 5) is 2.19. The molecule has 92 valence electrons. The quantitative estimate of drug-likeness (QED) is 0.881.